The van der Waals surface area contributed by atoms with Crippen LogP contribution in [0.15, 0.2) is 53.4 Å². The molecule has 0 fully saturated rings. The second-order valence-corrected chi connectivity index (χ2v) is 7.68. The van der Waals surface area contributed by atoms with Crippen LogP contribution < -0.4 is 5.32 Å². The number of hydrogen-bond donors (Lipinski definition) is 1. The van der Waals surface area contributed by atoms with Crippen LogP contribution in [0.1, 0.15) is 30.1 Å². The van der Waals surface area contributed by atoms with Crippen LogP contribution in [0.5, 0.6) is 0 Å². The highest BCUT2D eigenvalue weighted by molar-refractivity contribution is 7.89. The fourth-order valence-electron chi connectivity index (χ4n) is 2.22. The summed E-state index contributed by atoms with van der Waals surface area (Å²) in [5.74, 6) is -1.04. The quantitative estimate of drug-likeness (QED) is 0.818. The Labute approximate surface area is 147 Å². The van der Waals surface area contributed by atoms with Gasteiger partial charge in [-0.3, -0.25) is 4.79 Å². The minimum absolute atomic E-state index is 0.0727. The van der Waals surface area contributed by atoms with Crippen molar-refractivity contribution in [3.05, 3.63) is 59.9 Å². The number of amides is 1. The van der Waals surface area contributed by atoms with Crippen LogP contribution in [-0.2, 0) is 10.0 Å². The van der Waals surface area contributed by atoms with E-state index in [1.54, 1.807) is 6.07 Å². The predicted octanol–water partition coefficient (Wildman–Crippen LogP) is 3.50. The van der Waals surface area contributed by atoms with Gasteiger partial charge in [-0.15, -0.1) is 0 Å². The Morgan fingerprint density at radius 2 is 1.76 bits per heavy atom. The van der Waals surface area contributed by atoms with Gasteiger partial charge in [-0.05, 0) is 42.8 Å². The molecule has 1 amide bonds. The molecule has 0 radical (unpaired) electrons. The molecule has 2 aromatic carbocycles. The summed E-state index contributed by atoms with van der Waals surface area (Å²) in [5, 5.41) is 2.46. The molecule has 0 spiro atoms. The Bertz CT molecular complexity index is 836. The lowest BCUT2D eigenvalue weighted by Gasteiger charge is -2.17. The zero-order valence-electron chi connectivity index (χ0n) is 14.2. The van der Waals surface area contributed by atoms with E-state index in [1.807, 2.05) is 6.92 Å². The predicted molar refractivity (Wildman–Crippen MR) is 95.5 cm³/mol. The second kappa shape index (κ2) is 8.22. The largest absolute Gasteiger partial charge is 0.319 e. The molecule has 5 nitrogen and oxygen atoms in total. The molecule has 0 unspecified atom stereocenters. The number of hydrogen-bond acceptors (Lipinski definition) is 3. The first kappa shape index (κ1) is 19.1. The van der Waals surface area contributed by atoms with Crippen LogP contribution in [-0.4, -0.2) is 32.2 Å². The minimum atomic E-state index is -3.58. The molecule has 0 bridgehead atoms. The SMILES string of the molecule is CCCCN(C)S(=O)(=O)c1ccc(C(=O)Nc2ccccc2F)cc1. The smallest absolute Gasteiger partial charge is 0.255 e. The molecule has 0 aliphatic carbocycles. The first-order valence-corrected chi connectivity index (χ1v) is 9.42. The number of sulfonamides is 1. The second-order valence-electron chi connectivity index (χ2n) is 5.64. The van der Waals surface area contributed by atoms with Gasteiger partial charge in [0.25, 0.3) is 5.91 Å². The number of halogens is 1. The van der Waals surface area contributed by atoms with Crippen LogP contribution >= 0.6 is 0 Å². The van der Waals surface area contributed by atoms with E-state index >= 15 is 0 Å². The molecule has 7 heteroatoms. The maximum atomic E-state index is 13.6. The maximum Gasteiger partial charge on any atom is 0.255 e. The average Bonchev–Trinajstić information content (AvgIpc) is 2.61. The molecule has 1 N–H and O–H groups in total. The van der Waals surface area contributed by atoms with Crippen molar-refractivity contribution in [1.82, 2.24) is 4.31 Å². The Balaban J connectivity index is 2.14. The summed E-state index contributed by atoms with van der Waals surface area (Å²) in [7, 11) is -2.05. The molecule has 2 aromatic rings. The van der Waals surface area contributed by atoms with E-state index < -0.39 is 21.7 Å². The summed E-state index contributed by atoms with van der Waals surface area (Å²) in [6.45, 7) is 2.43. The monoisotopic (exact) mass is 364 g/mol. The first-order valence-electron chi connectivity index (χ1n) is 7.98. The van der Waals surface area contributed by atoms with Crippen LogP contribution in [0, 0.1) is 5.82 Å². The van der Waals surface area contributed by atoms with E-state index in [0.29, 0.717) is 6.54 Å². The van der Waals surface area contributed by atoms with Crippen LogP contribution in [0.3, 0.4) is 0 Å². The van der Waals surface area contributed by atoms with E-state index in [0.717, 1.165) is 12.8 Å². The van der Waals surface area contributed by atoms with Gasteiger partial charge in [-0.2, -0.15) is 0 Å². The molecule has 134 valence electrons. The Kier molecular flexibility index (Phi) is 6.27. The van der Waals surface area contributed by atoms with Gasteiger partial charge in [0.05, 0.1) is 10.6 Å². The molecular formula is C18H21FN2O3S. The Hall–Kier alpha value is -2.25. The summed E-state index contributed by atoms with van der Waals surface area (Å²) in [6, 6.07) is 11.4. The third-order valence-electron chi connectivity index (χ3n) is 3.77. The van der Waals surface area contributed by atoms with Crippen molar-refractivity contribution in [2.24, 2.45) is 0 Å². The van der Waals surface area contributed by atoms with Crippen molar-refractivity contribution < 1.29 is 17.6 Å². The van der Waals surface area contributed by atoms with Crippen molar-refractivity contribution in [2.75, 3.05) is 18.9 Å². The number of nitrogens with zero attached hydrogens (tertiary/aromatic N) is 1. The van der Waals surface area contributed by atoms with Gasteiger partial charge in [0, 0.05) is 19.2 Å². The zero-order chi connectivity index (χ0) is 18.4. The maximum absolute atomic E-state index is 13.6. The fourth-order valence-corrected chi connectivity index (χ4v) is 3.43. The van der Waals surface area contributed by atoms with E-state index in [-0.39, 0.29) is 16.1 Å². The highest BCUT2D eigenvalue weighted by Gasteiger charge is 2.20. The Morgan fingerprint density at radius 1 is 1.12 bits per heavy atom. The van der Waals surface area contributed by atoms with Crippen molar-refractivity contribution in [2.45, 2.75) is 24.7 Å². The Morgan fingerprint density at radius 3 is 2.36 bits per heavy atom. The van der Waals surface area contributed by atoms with Crippen molar-refractivity contribution >= 4 is 21.6 Å². The van der Waals surface area contributed by atoms with Crippen molar-refractivity contribution in [3.63, 3.8) is 0 Å². The molecule has 0 aromatic heterocycles. The molecular weight excluding hydrogens is 343 g/mol. The molecule has 0 saturated heterocycles. The molecule has 0 heterocycles. The van der Waals surface area contributed by atoms with Crippen LogP contribution in [0.2, 0.25) is 0 Å². The number of rotatable bonds is 7. The van der Waals surface area contributed by atoms with E-state index in [1.165, 1.54) is 53.8 Å². The van der Waals surface area contributed by atoms with Crippen LogP contribution in [0.25, 0.3) is 0 Å². The zero-order valence-corrected chi connectivity index (χ0v) is 15.0. The number of unbranched alkanes of at least 4 members (excludes halogenated alkanes) is 1. The van der Waals surface area contributed by atoms with Gasteiger partial charge < -0.3 is 5.32 Å². The summed E-state index contributed by atoms with van der Waals surface area (Å²) < 4.78 is 39.7. The average molecular weight is 364 g/mol. The number of benzene rings is 2. The van der Waals surface area contributed by atoms with E-state index in [9.17, 15) is 17.6 Å². The number of anilines is 1. The molecule has 25 heavy (non-hydrogen) atoms. The number of para-hydroxylation sites is 1. The number of carbonyl (C=O) groups excluding carboxylic acids is 1. The van der Waals surface area contributed by atoms with Crippen LogP contribution in [0.4, 0.5) is 10.1 Å². The van der Waals surface area contributed by atoms with Gasteiger partial charge >= 0.3 is 0 Å². The fraction of sp³-hybridized carbons (Fsp3) is 0.278. The topological polar surface area (TPSA) is 66.5 Å². The summed E-state index contributed by atoms with van der Waals surface area (Å²) in [6.07, 6.45) is 1.67. The first-order chi connectivity index (χ1) is 11.9. The van der Waals surface area contributed by atoms with E-state index in [4.69, 9.17) is 0 Å². The highest BCUT2D eigenvalue weighted by Crippen LogP contribution is 2.18. The summed E-state index contributed by atoms with van der Waals surface area (Å²) in [4.78, 5) is 12.3. The minimum Gasteiger partial charge on any atom is -0.319 e. The van der Waals surface area contributed by atoms with Gasteiger partial charge in [-0.1, -0.05) is 25.5 Å². The van der Waals surface area contributed by atoms with Gasteiger partial charge in [0.2, 0.25) is 10.0 Å². The lowest BCUT2D eigenvalue weighted by Crippen LogP contribution is -2.28. The summed E-state index contributed by atoms with van der Waals surface area (Å²) >= 11 is 0. The molecule has 2 rings (SSSR count). The normalized spacial score (nSPS) is 11.5. The van der Waals surface area contributed by atoms with Gasteiger partial charge in [0.1, 0.15) is 5.82 Å². The standard InChI is InChI=1S/C18H21FN2O3S/c1-3-4-13-21(2)25(23,24)15-11-9-14(10-12-15)18(22)20-17-8-6-5-7-16(17)19/h5-12H,3-4,13H2,1-2H3,(H,20,22). The molecule has 0 aliphatic heterocycles. The van der Waals surface area contributed by atoms with Crippen molar-refractivity contribution in [1.29, 1.82) is 0 Å². The third-order valence-corrected chi connectivity index (χ3v) is 5.64. The third kappa shape index (κ3) is 4.64. The van der Waals surface area contributed by atoms with Crippen molar-refractivity contribution in [3.8, 4) is 0 Å². The number of nitrogens with one attached hydrogen (secondary N) is 1. The summed E-state index contributed by atoms with van der Waals surface area (Å²) in [5.41, 5.74) is 0.321. The lowest BCUT2D eigenvalue weighted by atomic mass is 10.2. The molecule has 0 aliphatic rings. The van der Waals surface area contributed by atoms with Gasteiger partial charge in [-0.25, -0.2) is 17.1 Å². The van der Waals surface area contributed by atoms with E-state index in [2.05, 4.69) is 5.32 Å². The number of carbonyl (C=O) groups is 1. The lowest BCUT2D eigenvalue weighted by molar-refractivity contribution is 0.102. The molecule has 0 atom stereocenters. The van der Waals surface area contributed by atoms with Gasteiger partial charge in [0.15, 0.2) is 0 Å². The highest BCUT2D eigenvalue weighted by atomic mass is 32.2. The molecule has 0 saturated carbocycles.